The zero-order valence-electron chi connectivity index (χ0n) is 15.2. The van der Waals surface area contributed by atoms with Crippen molar-refractivity contribution < 1.29 is 14.3 Å². The van der Waals surface area contributed by atoms with Gasteiger partial charge in [0, 0.05) is 0 Å². The van der Waals surface area contributed by atoms with Gasteiger partial charge in [-0.3, -0.25) is 4.79 Å². The highest BCUT2D eigenvalue weighted by atomic mass is 16.5. The minimum Gasteiger partial charge on any atom is -0.493 e. The number of amides is 1. The van der Waals surface area contributed by atoms with Crippen LogP contribution in [0.3, 0.4) is 0 Å². The summed E-state index contributed by atoms with van der Waals surface area (Å²) in [6.45, 7) is 5.82. The molecule has 1 unspecified atom stereocenters. The maximum absolute atomic E-state index is 12.1. The molecule has 0 bridgehead atoms. The summed E-state index contributed by atoms with van der Waals surface area (Å²) >= 11 is 0. The number of hydrogen-bond acceptors (Lipinski definition) is 4. The van der Waals surface area contributed by atoms with Gasteiger partial charge < -0.3 is 20.5 Å². The van der Waals surface area contributed by atoms with E-state index >= 15 is 0 Å². The maximum Gasteiger partial charge on any atom is 0.237 e. The van der Waals surface area contributed by atoms with Crippen molar-refractivity contribution in [3.05, 3.63) is 23.8 Å². The van der Waals surface area contributed by atoms with Crippen LogP contribution in [-0.4, -0.2) is 25.2 Å². The van der Waals surface area contributed by atoms with Gasteiger partial charge in [-0.05, 0) is 56.2 Å². The van der Waals surface area contributed by atoms with E-state index in [2.05, 4.69) is 5.32 Å². The van der Waals surface area contributed by atoms with Gasteiger partial charge in [0.1, 0.15) is 0 Å². The minimum absolute atomic E-state index is 0.105. The van der Waals surface area contributed by atoms with Crippen molar-refractivity contribution in [1.82, 2.24) is 5.32 Å². The molecule has 0 aromatic heterocycles. The third kappa shape index (κ3) is 4.63. The molecule has 1 aliphatic carbocycles. The Labute approximate surface area is 144 Å². The van der Waals surface area contributed by atoms with Crippen LogP contribution in [0.2, 0.25) is 0 Å². The van der Waals surface area contributed by atoms with E-state index in [1.165, 1.54) is 12.8 Å². The van der Waals surface area contributed by atoms with Gasteiger partial charge in [0.05, 0.1) is 25.3 Å². The highest BCUT2D eigenvalue weighted by Gasteiger charge is 2.21. The van der Waals surface area contributed by atoms with Crippen LogP contribution in [0.15, 0.2) is 18.2 Å². The number of nitrogens with two attached hydrogens (primary N) is 1. The number of hydrogen-bond donors (Lipinski definition) is 2. The Morgan fingerprint density at radius 1 is 1.21 bits per heavy atom. The molecule has 0 radical (unpaired) electrons. The lowest BCUT2D eigenvalue weighted by Gasteiger charge is -2.21. The van der Waals surface area contributed by atoms with Crippen LogP contribution in [0.25, 0.3) is 0 Å². The molecule has 24 heavy (non-hydrogen) atoms. The van der Waals surface area contributed by atoms with Crippen LogP contribution in [-0.2, 0) is 4.79 Å². The van der Waals surface area contributed by atoms with Gasteiger partial charge in [-0.25, -0.2) is 0 Å². The molecule has 1 aliphatic rings. The molecule has 0 aliphatic heterocycles. The summed E-state index contributed by atoms with van der Waals surface area (Å²) in [5.41, 5.74) is 6.87. The number of carbonyl (C=O) groups is 1. The molecule has 1 amide bonds. The molecular weight excluding hydrogens is 304 g/mol. The molecule has 0 heterocycles. The van der Waals surface area contributed by atoms with Crippen LogP contribution >= 0.6 is 0 Å². The summed E-state index contributed by atoms with van der Waals surface area (Å²) in [5.74, 6) is 1.44. The normalized spacial score (nSPS) is 17.6. The monoisotopic (exact) mass is 334 g/mol. The summed E-state index contributed by atoms with van der Waals surface area (Å²) in [5, 5.41) is 2.96. The van der Waals surface area contributed by atoms with Crippen LogP contribution < -0.4 is 20.5 Å². The molecular formula is C19H30N2O3. The van der Waals surface area contributed by atoms with Gasteiger partial charge in [0.15, 0.2) is 11.5 Å². The first-order valence-electron chi connectivity index (χ1n) is 8.83. The molecule has 1 fully saturated rings. The lowest BCUT2D eigenvalue weighted by molar-refractivity contribution is -0.123. The zero-order chi connectivity index (χ0) is 17.7. The van der Waals surface area contributed by atoms with Gasteiger partial charge in [0.2, 0.25) is 5.91 Å². The smallest absolute Gasteiger partial charge is 0.237 e. The molecule has 0 spiro atoms. The van der Waals surface area contributed by atoms with Crippen molar-refractivity contribution in [3.8, 4) is 11.5 Å². The third-order valence-corrected chi connectivity index (χ3v) is 4.66. The summed E-state index contributed by atoms with van der Waals surface area (Å²) in [4.78, 5) is 12.1. The molecule has 1 saturated carbocycles. The van der Waals surface area contributed by atoms with Crippen molar-refractivity contribution in [2.75, 3.05) is 7.11 Å². The number of methoxy groups -OCH3 is 1. The van der Waals surface area contributed by atoms with Crippen molar-refractivity contribution in [1.29, 1.82) is 0 Å². The number of ether oxygens (including phenoxy) is 2. The first-order valence-corrected chi connectivity index (χ1v) is 8.83. The van der Waals surface area contributed by atoms with Crippen molar-refractivity contribution >= 4 is 5.91 Å². The highest BCUT2D eigenvalue weighted by Crippen LogP contribution is 2.33. The molecule has 0 saturated heterocycles. The van der Waals surface area contributed by atoms with Crippen LogP contribution in [0.5, 0.6) is 11.5 Å². The molecule has 5 heteroatoms. The van der Waals surface area contributed by atoms with E-state index < -0.39 is 6.04 Å². The van der Waals surface area contributed by atoms with Crippen LogP contribution in [0.4, 0.5) is 0 Å². The third-order valence-electron chi connectivity index (χ3n) is 4.66. The van der Waals surface area contributed by atoms with E-state index in [0.717, 1.165) is 24.2 Å². The Morgan fingerprint density at radius 3 is 2.46 bits per heavy atom. The Bertz CT molecular complexity index is 554. The second-order valence-corrected chi connectivity index (χ2v) is 6.93. The number of rotatable bonds is 7. The Kier molecular flexibility index (Phi) is 6.49. The maximum atomic E-state index is 12.1. The van der Waals surface area contributed by atoms with Gasteiger partial charge in [-0.2, -0.15) is 0 Å². The fraction of sp³-hybridized carbons (Fsp3) is 0.632. The molecule has 1 aromatic rings. The lowest BCUT2D eigenvalue weighted by Crippen LogP contribution is -2.44. The zero-order valence-corrected chi connectivity index (χ0v) is 15.2. The molecule has 2 rings (SSSR count). The highest BCUT2D eigenvalue weighted by molar-refractivity contribution is 5.82. The van der Waals surface area contributed by atoms with E-state index in [-0.39, 0.29) is 24.0 Å². The second-order valence-electron chi connectivity index (χ2n) is 6.93. The van der Waals surface area contributed by atoms with Crippen molar-refractivity contribution in [3.63, 3.8) is 0 Å². The van der Waals surface area contributed by atoms with Gasteiger partial charge in [-0.1, -0.05) is 19.9 Å². The predicted molar refractivity (Wildman–Crippen MR) is 95.2 cm³/mol. The Hall–Kier alpha value is -1.75. The minimum atomic E-state index is -0.501. The summed E-state index contributed by atoms with van der Waals surface area (Å²) < 4.78 is 11.5. The van der Waals surface area contributed by atoms with Gasteiger partial charge in [-0.15, -0.1) is 0 Å². The van der Waals surface area contributed by atoms with E-state index in [1.807, 2.05) is 39.0 Å². The van der Waals surface area contributed by atoms with Gasteiger partial charge >= 0.3 is 0 Å². The topological polar surface area (TPSA) is 73.6 Å². The predicted octanol–water partition coefficient (Wildman–Crippen LogP) is 3.18. The van der Waals surface area contributed by atoms with Gasteiger partial charge in [0.25, 0.3) is 0 Å². The Morgan fingerprint density at radius 2 is 1.88 bits per heavy atom. The van der Waals surface area contributed by atoms with Crippen molar-refractivity contribution in [2.45, 2.75) is 64.6 Å². The number of nitrogens with one attached hydrogen (secondary N) is 1. The van der Waals surface area contributed by atoms with E-state index in [0.29, 0.717) is 5.75 Å². The first-order chi connectivity index (χ1) is 11.4. The van der Waals surface area contributed by atoms with Crippen LogP contribution in [0.1, 0.15) is 58.1 Å². The fourth-order valence-corrected chi connectivity index (χ4v) is 2.93. The lowest BCUT2D eigenvalue weighted by atomic mass is 10.0. The summed E-state index contributed by atoms with van der Waals surface area (Å²) in [7, 11) is 1.64. The summed E-state index contributed by atoms with van der Waals surface area (Å²) in [6, 6.07) is 5.18. The summed E-state index contributed by atoms with van der Waals surface area (Å²) in [6.07, 6.45) is 4.94. The molecule has 134 valence electrons. The second kappa shape index (κ2) is 8.38. The molecule has 2 atom stereocenters. The number of carbonyl (C=O) groups excluding carboxylic acids is 1. The SMILES string of the molecule is COc1cc(C(C)NC(=O)[C@@H](N)C(C)C)ccc1OC1CCCC1. The average molecular weight is 334 g/mol. The van der Waals surface area contributed by atoms with Crippen molar-refractivity contribution in [2.24, 2.45) is 11.7 Å². The molecule has 1 aromatic carbocycles. The molecule has 3 N–H and O–H groups in total. The standard InChI is InChI=1S/C19H30N2O3/c1-12(2)18(20)19(22)21-13(3)14-9-10-16(17(11-14)23-4)24-15-7-5-6-8-15/h9-13,15,18H,5-8,20H2,1-4H3,(H,21,22)/t13?,18-/m0/s1. The Balaban J connectivity index is 2.06. The quantitative estimate of drug-likeness (QED) is 0.803. The van der Waals surface area contributed by atoms with E-state index in [4.69, 9.17) is 15.2 Å². The number of benzene rings is 1. The molecule has 5 nitrogen and oxygen atoms in total. The van der Waals surface area contributed by atoms with Crippen LogP contribution in [0, 0.1) is 5.92 Å². The first kappa shape index (κ1) is 18.6. The fourth-order valence-electron chi connectivity index (χ4n) is 2.93. The average Bonchev–Trinajstić information content (AvgIpc) is 3.07. The van der Waals surface area contributed by atoms with E-state index in [1.54, 1.807) is 7.11 Å². The van der Waals surface area contributed by atoms with E-state index in [9.17, 15) is 4.79 Å². The largest absolute Gasteiger partial charge is 0.493 e.